The molecule has 0 saturated carbocycles. The number of amides is 2. The first kappa shape index (κ1) is 17.7. The lowest BCUT2D eigenvalue weighted by Gasteiger charge is -2.10. The highest BCUT2D eigenvalue weighted by molar-refractivity contribution is 5.73. The van der Waals surface area contributed by atoms with Crippen LogP contribution in [0.4, 0.5) is 4.79 Å². The zero-order valence-electron chi connectivity index (χ0n) is 14.6. The molecule has 138 valence electrons. The Morgan fingerprint density at radius 3 is 2.69 bits per heavy atom. The van der Waals surface area contributed by atoms with Gasteiger partial charge in [0.25, 0.3) is 0 Å². The zero-order valence-corrected chi connectivity index (χ0v) is 14.6. The minimum absolute atomic E-state index is 0.236. The van der Waals surface area contributed by atoms with Gasteiger partial charge < -0.3 is 29.6 Å². The van der Waals surface area contributed by atoms with Gasteiger partial charge in [-0.05, 0) is 36.8 Å². The van der Waals surface area contributed by atoms with E-state index in [9.17, 15) is 4.79 Å². The van der Waals surface area contributed by atoms with Gasteiger partial charge in [-0.2, -0.15) is 0 Å². The van der Waals surface area contributed by atoms with Crippen LogP contribution in [-0.4, -0.2) is 32.6 Å². The molecule has 2 aromatic rings. The fourth-order valence-corrected chi connectivity index (χ4v) is 2.45. The van der Waals surface area contributed by atoms with Crippen molar-refractivity contribution >= 4 is 6.03 Å². The minimum Gasteiger partial charge on any atom is -0.494 e. The Balaban J connectivity index is 1.35. The first-order valence-electron chi connectivity index (χ1n) is 8.50. The SMILES string of the molecule is CCOc1cccc(OCCNC(=O)NCc2ccc3c(c2)OCO3)c1. The molecule has 0 saturated heterocycles. The van der Waals surface area contributed by atoms with Crippen LogP contribution in [0.1, 0.15) is 12.5 Å². The Morgan fingerprint density at radius 1 is 1.04 bits per heavy atom. The van der Waals surface area contributed by atoms with Crippen molar-refractivity contribution in [3.63, 3.8) is 0 Å². The maximum atomic E-state index is 11.8. The molecule has 1 aliphatic rings. The molecule has 26 heavy (non-hydrogen) atoms. The summed E-state index contributed by atoms with van der Waals surface area (Å²) in [6.45, 7) is 3.94. The van der Waals surface area contributed by atoms with Crippen molar-refractivity contribution in [3.8, 4) is 23.0 Å². The van der Waals surface area contributed by atoms with Crippen molar-refractivity contribution < 1.29 is 23.7 Å². The van der Waals surface area contributed by atoms with E-state index in [0.717, 1.165) is 17.1 Å². The van der Waals surface area contributed by atoms with E-state index in [1.54, 1.807) is 0 Å². The number of hydrogen-bond acceptors (Lipinski definition) is 5. The standard InChI is InChI=1S/C19H22N2O5/c1-2-23-15-4-3-5-16(11-15)24-9-8-20-19(22)21-12-14-6-7-17-18(10-14)26-13-25-17/h3-7,10-11H,2,8-9,12-13H2,1H3,(H2,20,21,22). The second kappa shape index (κ2) is 8.84. The third-order valence-corrected chi connectivity index (χ3v) is 3.66. The van der Waals surface area contributed by atoms with E-state index >= 15 is 0 Å². The Bertz CT molecular complexity index is 750. The van der Waals surface area contributed by atoms with Gasteiger partial charge in [0.15, 0.2) is 11.5 Å². The average Bonchev–Trinajstić information content (AvgIpc) is 3.12. The second-order valence-corrected chi connectivity index (χ2v) is 5.55. The molecule has 0 fully saturated rings. The monoisotopic (exact) mass is 358 g/mol. The number of rotatable bonds is 8. The topological polar surface area (TPSA) is 78.1 Å². The fourth-order valence-electron chi connectivity index (χ4n) is 2.45. The van der Waals surface area contributed by atoms with Crippen LogP contribution in [0.15, 0.2) is 42.5 Å². The molecule has 2 N–H and O–H groups in total. The lowest BCUT2D eigenvalue weighted by Crippen LogP contribution is -2.37. The van der Waals surface area contributed by atoms with E-state index in [2.05, 4.69) is 10.6 Å². The van der Waals surface area contributed by atoms with Gasteiger partial charge in [-0.3, -0.25) is 0 Å². The molecule has 0 bridgehead atoms. The number of urea groups is 1. The summed E-state index contributed by atoms with van der Waals surface area (Å²) in [5, 5.41) is 5.55. The third-order valence-electron chi connectivity index (χ3n) is 3.66. The largest absolute Gasteiger partial charge is 0.494 e. The van der Waals surface area contributed by atoms with Crippen molar-refractivity contribution in [2.24, 2.45) is 0 Å². The average molecular weight is 358 g/mol. The van der Waals surface area contributed by atoms with E-state index in [1.807, 2.05) is 49.4 Å². The van der Waals surface area contributed by atoms with Crippen LogP contribution in [0.2, 0.25) is 0 Å². The van der Waals surface area contributed by atoms with Crippen LogP contribution >= 0.6 is 0 Å². The van der Waals surface area contributed by atoms with Gasteiger partial charge in [-0.25, -0.2) is 4.79 Å². The zero-order chi connectivity index (χ0) is 18.2. The first-order valence-corrected chi connectivity index (χ1v) is 8.50. The van der Waals surface area contributed by atoms with E-state index in [1.165, 1.54) is 0 Å². The molecule has 0 atom stereocenters. The number of carbonyl (C=O) groups is 1. The molecule has 2 amide bonds. The van der Waals surface area contributed by atoms with Gasteiger partial charge in [-0.1, -0.05) is 12.1 Å². The Morgan fingerprint density at radius 2 is 1.85 bits per heavy atom. The molecule has 3 rings (SSSR count). The molecular weight excluding hydrogens is 336 g/mol. The summed E-state index contributed by atoms with van der Waals surface area (Å²) in [6.07, 6.45) is 0. The summed E-state index contributed by atoms with van der Waals surface area (Å²) in [7, 11) is 0. The lowest BCUT2D eigenvalue weighted by atomic mass is 10.2. The normalized spacial score (nSPS) is 11.7. The van der Waals surface area contributed by atoms with E-state index in [-0.39, 0.29) is 12.8 Å². The van der Waals surface area contributed by atoms with Crippen LogP contribution < -0.4 is 29.6 Å². The van der Waals surface area contributed by atoms with Crippen LogP contribution in [-0.2, 0) is 6.54 Å². The number of benzene rings is 2. The van der Waals surface area contributed by atoms with Crippen molar-refractivity contribution in [3.05, 3.63) is 48.0 Å². The van der Waals surface area contributed by atoms with Crippen molar-refractivity contribution in [1.82, 2.24) is 10.6 Å². The molecule has 0 unspecified atom stereocenters. The summed E-state index contributed by atoms with van der Waals surface area (Å²) < 4.78 is 21.6. The molecule has 0 radical (unpaired) electrons. The lowest BCUT2D eigenvalue weighted by molar-refractivity contribution is 0.174. The molecule has 1 aliphatic heterocycles. The molecule has 7 heteroatoms. The fraction of sp³-hybridized carbons (Fsp3) is 0.316. The highest BCUT2D eigenvalue weighted by Gasteiger charge is 2.13. The van der Waals surface area contributed by atoms with Gasteiger partial charge in [0.1, 0.15) is 18.1 Å². The van der Waals surface area contributed by atoms with Crippen molar-refractivity contribution in [2.75, 3.05) is 26.6 Å². The molecule has 7 nitrogen and oxygen atoms in total. The highest BCUT2D eigenvalue weighted by Crippen LogP contribution is 2.32. The van der Waals surface area contributed by atoms with Gasteiger partial charge in [0.05, 0.1) is 13.2 Å². The predicted molar refractivity (Wildman–Crippen MR) is 95.9 cm³/mol. The number of fused-ring (bicyclic) bond motifs is 1. The highest BCUT2D eigenvalue weighted by atomic mass is 16.7. The maximum Gasteiger partial charge on any atom is 0.315 e. The quantitative estimate of drug-likeness (QED) is 0.710. The minimum atomic E-state index is -0.255. The van der Waals surface area contributed by atoms with Crippen molar-refractivity contribution in [1.29, 1.82) is 0 Å². The Hall–Kier alpha value is -3.09. The van der Waals surface area contributed by atoms with Gasteiger partial charge >= 0.3 is 6.03 Å². The molecule has 0 aliphatic carbocycles. The summed E-state index contributed by atoms with van der Waals surface area (Å²) in [5.41, 5.74) is 0.938. The van der Waals surface area contributed by atoms with Crippen LogP contribution in [0.5, 0.6) is 23.0 Å². The van der Waals surface area contributed by atoms with E-state index in [4.69, 9.17) is 18.9 Å². The molecule has 1 heterocycles. The summed E-state index contributed by atoms with van der Waals surface area (Å²) in [4.78, 5) is 11.8. The van der Waals surface area contributed by atoms with E-state index in [0.29, 0.717) is 37.8 Å². The summed E-state index contributed by atoms with van der Waals surface area (Å²) in [6, 6.07) is 12.7. The summed E-state index contributed by atoms with van der Waals surface area (Å²) >= 11 is 0. The van der Waals surface area contributed by atoms with Crippen LogP contribution in [0.3, 0.4) is 0 Å². The van der Waals surface area contributed by atoms with Crippen molar-refractivity contribution in [2.45, 2.75) is 13.5 Å². The number of carbonyl (C=O) groups excluding carboxylic acids is 1. The first-order chi connectivity index (χ1) is 12.7. The van der Waals surface area contributed by atoms with Crippen LogP contribution in [0.25, 0.3) is 0 Å². The van der Waals surface area contributed by atoms with Gasteiger partial charge in [0, 0.05) is 12.6 Å². The molecular formula is C19H22N2O5. The Kier molecular flexibility index (Phi) is 6.03. The van der Waals surface area contributed by atoms with Crippen LogP contribution in [0, 0.1) is 0 Å². The number of hydrogen-bond donors (Lipinski definition) is 2. The summed E-state index contributed by atoms with van der Waals surface area (Å²) in [5.74, 6) is 2.90. The maximum absolute atomic E-state index is 11.8. The van der Waals surface area contributed by atoms with Gasteiger partial charge in [0.2, 0.25) is 6.79 Å². The van der Waals surface area contributed by atoms with E-state index < -0.39 is 0 Å². The third kappa shape index (κ3) is 4.95. The smallest absolute Gasteiger partial charge is 0.315 e. The number of nitrogens with one attached hydrogen (secondary N) is 2. The number of ether oxygens (including phenoxy) is 4. The molecule has 0 spiro atoms. The predicted octanol–water partition coefficient (Wildman–Crippen LogP) is 2.69. The molecule has 2 aromatic carbocycles. The Labute approximate surface area is 152 Å². The van der Waals surface area contributed by atoms with Gasteiger partial charge in [-0.15, -0.1) is 0 Å². The molecule has 0 aromatic heterocycles. The second-order valence-electron chi connectivity index (χ2n) is 5.55.